The van der Waals surface area contributed by atoms with Gasteiger partial charge in [-0.15, -0.1) is 0 Å². The van der Waals surface area contributed by atoms with Gasteiger partial charge in [0, 0.05) is 39.2 Å². The Hall–Kier alpha value is -1.91. The first-order valence-corrected chi connectivity index (χ1v) is 7.44. The molecule has 1 N–H and O–H groups in total. The number of benzene rings is 1. The van der Waals surface area contributed by atoms with Gasteiger partial charge in [0.25, 0.3) is 0 Å². The fraction of sp³-hybridized carbons (Fsp3) is 0.562. The van der Waals surface area contributed by atoms with E-state index in [-0.39, 0.29) is 6.03 Å². The largest absolute Gasteiger partial charge is 0.449 e. The van der Waals surface area contributed by atoms with Crippen molar-refractivity contribution < 1.29 is 14.3 Å². The minimum atomic E-state index is -0.596. The van der Waals surface area contributed by atoms with Crippen molar-refractivity contribution in [3.05, 3.63) is 18.2 Å². The maximum absolute atomic E-state index is 11.7. The second-order valence-corrected chi connectivity index (χ2v) is 5.78. The molecule has 5 heteroatoms. The van der Waals surface area contributed by atoms with Crippen LogP contribution in [0.4, 0.5) is 10.5 Å². The van der Waals surface area contributed by atoms with Crippen LogP contribution in [-0.2, 0) is 0 Å². The standard InChI is InChI=1S/C16H24N2O3/c1-5-6-7-10-16(2)20-13-9-8-12(11-14(13)21-16)17-15(19)18(3)4/h8-9,11H,5-7,10H2,1-4H3,(H,17,19). The van der Waals surface area contributed by atoms with Crippen LogP contribution in [0.2, 0.25) is 0 Å². The van der Waals surface area contributed by atoms with Crippen molar-refractivity contribution in [1.29, 1.82) is 0 Å². The number of urea groups is 1. The summed E-state index contributed by atoms with van der Waals surface area (Å²) >= 11 is 0. The molecule has 0 bridgehead atoms. The van der Waals surface area contributed by atoms with Crippen molar-refractivity contribution in [3.8, 4) is 11.5 Å². The highest BCUT2D eigenvalue weighted by Gasteiger charge is 2.36. The third-order valence-corrected chi connectivity index (χ3v) is 3.49. The summed E-state index contributed by atoms with van der Waals surface area (Å²) in [7, 11) is 3.40. The molecule has 1 heterocycles. The molecule has 1 unspecified atom stereocenters. The zero-order chi connectivity index (χ0) is 15.5. The van der Waals surface area contributed by atoms with Gasteiger partial charge in [-0.3, -0.25) is 0 Å². The molecule has 1 aliphatic heterocycles. The quantitative estimate of drug-likeness (QED) is 0.839. The van der Waals surface area contributed by atoms with Crippen LogP contribution < -0.4 is 14.8 Å². The number of rotatable bonds is 5. The molecule has 2 rings (SSSR count). The van der Waals surface area contributed by atoms with Gasteiger partial charge >= 0.3 is 6.03 Å². The van der Waals surface area contributed by atoms with Crippen molar-refractivity contribution in [1.82, 2.24) is 4.90 Å². The zero-order valence-corrected chi connectivity index (χ0v) is 13.2. The molecule has 116 valence electrons. The number of hydrogen-bond acceptors (Lipinski definition) is 3. The summed E-state index contributed by atoms with van der Waals surface area (Å²) in [6.07, 6.45) is 4.27. The van der Waals surface area contributed by atoms with Gasteiger partial charge in [0.2, 0.25) is 5.79 Å². The topological polar surface area (TPSA) is 50.8 Å². The van der Waals surface area contributed by atoms with Gasteiger partial charge in [-0.1, -0.05) is 19.8 Å². The van der Waals surface area contributed by atoms with Gasteiger partial charge in [-0.05, 0) is 18.6 Å². The number of nitrogens with one attached hydrogen (secondary N) is 1. The summed E-state index contributed by atoms with van der Waals surface area (Å²) in [6, 6.07) is 5.30. The van der Waals surface area contributed by atoms with E-state index in [1.165, 1.54) is 17.7 Å². The van der Waals surface area contributed by atoms with Crippen molar-refractivity contribution in [2.45, 2.75) is 45.3 Å². The van der Waals surface area contributed by atoms with Crippen molar-refractivity contribution in [2.24, 2.45) is 0 Å². The number of carbonyl (C=O) groups excluding carboxylic acids is 1. The fourth-order valence-corrected chi connectivity index (χ4v) is 2.27. The first kappa shape index (κ1) is 15.5. The zero-order valence-electron chi connectivity index (χ0n) is 13.2. The summed E-state index contributed by atoms with van der Waals surface area (Å²) in [5.41, 5.74) is 0.703. The summed E-state index contributed by atoms with van der Waals surface area (Å²) in [5, 5.41) is 2.80. The van der Waals surface area contributed by atoms with E-state index in [1.54, 1.807) is 14.1 Å². The fourth-order valence-electron chi connectivity index (χ4n) is 2.27. The molecule has 0 aromatic heterocycles. The van der Waals surface area contributed by atoms with Crippen LogP contribution in [0.25, 0.3) is 0 Å². The van der Waals surface area contributed by atoms with E-state index < -0.39 is 5.79 Å². The van der Waals surface area contributed by atoms with Gasteiger partial charge in [-0.25, -0.2) is 4.79 Å². The lowest BCUT2D eigenvalue weighted by Gasteiger charge is -2.22. The van der Waals surface area contributed by atoms with Gasteiger partial charge in [0.05, 0.1) is 0 Å². The predicted octanol–water partition coefficient (Wildman–Crippen LogP) is 3.85. The molecule has 1 aliphatic rings. The molecule has 0 saturated carbocycles. The molecular formula is C16H24N2O3. The number of hydrogen-bond donors (Lipinski definition) is 1. The molecule has 1 aromatic carbocycles. The van der Waals surface area contributed by atoms with E-state index in [9.17, 15) is 4.79 Å². The number of carbonyl (C=O) groups is 1. The summed E-state index contributed by atoms with van der Waals surface area (Å²) in [5.74, 6) is 0.823. The van der Waals surface area contributed by atoms with Gasteiger partial charge in [-0.2, -0.15) is 0 Å². The molecular weight excluding hydrogens is 268 g/mol. The normalized spacial score (nSPS) is 19.4. The maximum Gasteiger partial charge on any atom is 0.321 e. The number of ether oxygens (including phenoxy) is 2. The van der Waals surface area contributed by atoms with Crippen LogP contribution in [0, 0.1) is 0 Å². The summed E-state index contributed by atoms with van der Waals surface area (Å²) < 4.78 is 11.8. The highest BCUT2D eigenvalue weighted by atomic mass is 16.7. The van der Waals surface area contributed by atoms with Gasteiger partial charge in [0.15, 0.2) is 11.5 Å². The van der Waals surface area contributed by atoms with Gasteiger partial charge < -0.3 is 19.7 Å². The lowest BCUT2D eigenvalue weighted by Crippen LogP contribution is -2.34. The lowest BCUT2D eigenvalue weighted by atomic mass is 10.1. The molecule has 0 spiro atoms. The molecule has 0 saturated heterocycles. The number of anilines is 1. The Bertz CT molecular complexity index is 516. The maximum atomic E-state index is 11.7. The number of amides is 2. The van der Waals surface area contributed by atoms with Crippen LogP contribution in [-0.4, -0.2) is 30.8 Å². The van der Waals surface area contributed by atoms with Crippen molar-refractivity contribution in [2.75, 3.05) is 19.4 Å². The van der Waals surface area contributed by atoms with Gasteiger partial charge in [0.1, 0.15) is 0 Å². The van der Waals surface area contributed by atoms with E-state index in [2.05, 4.69) is 12.2 Å². The molecule has 1 aromatic rings. The second kappa shape index (κ2) is 6.24. The van der Waals surface area contributed by atoms with Crippen molar-refractivity contribution >= 4 is 11.7 Å². The van der Waals surface area contributed by atoms with Crippen LogP contribution in [0.5, 0.6) is 11.5 Å². The molecule has 1 atom stereocenters. The highest BCUT2D eigenvalue weighted by Crippen LogP contribution is 2.42. The van der Waals surface area contributed by atoms with E-state index in [4.69, 9.17) is 9.47 Å². The summed E-state index contributed by atoms with van der Waals surface area (Å²) in [4.78, 5) is 13.1. The van der Waals surface area contributed by atoms with Crippen LogP contribution in [0.1, 0.15) is 39.5 Å². The Kier molecular flexibility index (Phi) is 4.60. The third kappa shape index (κ3) is 3.80. The first-order valence-electron chi connectivity index (χ1n) is 7.44. The molecule has 0 radical (unpaired) electrons. The Morgan fingerprint density at radius 1 is 1.24 bits per heavy atom. The molecule has 0 aliphatic carbocycles. The Balaban J connectivity index is 2.03. The number of unbranched alkanes of at least 4 members (excludes halogenated alkanes) is 2. The molecule has 2 amide bonds. The predicted molar refractivity (Wildman–Crippen MR) is 83.0 cm³/mol. The number of nitrogens with zero attached hydrogens (tertiary/aromatic N) is 1. The SMILES string of the molecule is CCCCCC1(C)Oc2ccc(NC(=O)N(C)C)cc2O1. The van der Waals surface area contributed by atoms with Crippen LogP contribution in [0.15, 0.2) is 18.2 Å². The molecule has 0 fully saturated rings. The molecule has 21 heavy (non-hydrogen) atoms. The third-order valence-electron chi connectivity index (χ3n) is 3.49. The molecule has 5 nitrogen and oxygen atoms in total. The Morgan fingerprint density at radius 2 is 1.95 bits per heavy atom. The van der Waals surface area contributed by atoms with E-state index in [1.807, 2.05) is 25.1 Å². The lowest BCUT2D eigenvalue weighted by molar-refractivity contribution is -0.0696. The average Bonchev–Trinajstić information content (AvgIpc) is 2.74. The first-order chi connectivity index (χ1) is 9.93. The average molecular weight is 292 g/mol. The minimum absolute atomic E-state index is 0.167. The minimum Gasteiger partial charge on any atom is -0.449 e. The van der Waals surface area contributed by atoms with E-state index in [0.717, 1.165) is 18.6 Å². The number of fused-ring (bicyclic) bond motifs is 1. The summed E-state index contributed by atoms with van der Waals surface area (Å²) in [6.45, 7) is 4.13. The van der Waals surface area contributed by atoms with E-state index in [0.29, 0.717) is 11.4 Å². The second-order valence-electron chi connectivity index (χ2n) is 5.78. The Labute approximate surface area is 126 Å². The highest BCUT2D eigenvalue weighted by molar-refractivity contribution is 5.89. The Morgan fingerprint density at radius 3 is 2.62 bits per heavy atom. The van der Waals surface area contributed by atoms with Crippen molar-refractivity contribution in [3.63, 3.8) is 0 Å². The van der Waals surface area contributed by atoms with E-state index >= 15 is 0 Å². The van der Waals surface area contributed by atoms with Crippen LogP contribution >= 0.6 is 0 Å². The van der Waals surface area contributed by atoms with Crippen LogP contribution in [0.3, 0.4) is 0 Å². The monoisotopic (exact) mass is 292 g/mol. The smallest absolute Gasteiger partial charge is 0.321 e.